The molecule has 1 aromatic carbocycles. The number of anilines is 1. The Morgan fingerprint density at radius 1 is 1.31 bits per heavy atom. The van der Waals surface area contributed by atoms with E-state index in [4.69, 9.17) is 12.2 Å². The van der Waals surface area contributed by atoms with Gasteiger partial charge in [0.25, 0.3) is 0 Å². The zero-order valence-electron chi connectivity index (χ0n) is 7.45. The van der Waals surface area contributed by atoms with Crippen LogP contribution in [0.15, 0.2) is 42.6 Å². The van der Waals surface area contributed by atoms with Crippen LogP contribution in [0.4, 0.5) is 5.69 Å². The Labute approximate surface area is 83.7 Å². The van der Waals surface area contributed by atoms with Gasteiger partial charge in [-0.3, -0.25) is 0 Å². The normalized spacial score (nSPS) is 9.92. The highest BCUT2D eigenvalue weighted by Gasteiger charge is 1.91. The Kier molecular flexibility index (Phi) is 3.99. The zero-order valence-corrected chi connectivity index (χ0v) is 8.27. The lowest BCUT2D eigenvalue weighted by Gasteiger charge is -2.06. The van der Waals surface area contributed by atoms with Crippen molar-refractivity contribution in [3.63, 3.8) is 0 Å². The largest absolute Gasteiger partial charge is 0.339 e. The van der Waals surface area contributed by atoms with Crippen molar-refractivity contribution in [1.29, 1.82) is 0 Å². The van der Waals surface area contributed by atoms with Crippen LogP contribution >= 0.6 is 12.2 Å². The van der Waals surface area contributed by atoms with E-state index in [0.29, 0.717) is 5.11 Å². The molecular weight excluding hydrogens is 180 g/mol. The number of nitrogens with one attached hydrogen (secondary N) is 2. The van der Waals surface area contributed by atoms with Crippen LogP contribution in [0.25, 0.3) is 0 Å². The van der Waals surface area contributed by atoms with E-state index in [9.17, 15) is 0 Å². The minimum Gasteiger partial charge on any atom is -0.339 e. The highest BCUT2D eigenvalue weighted by Crippen LogP contribution is 2.03. The standard InChI is InChI=1S/C10H12N2S/c1-2-8-11-10(13)12-9-6-4-3-5-7-9/h2-8H,1H3,(H2,11,12,13)/b8-2-. The second kappa shape index (κ2) is 5.32. The third-order valence-electron chi connectivity index (χ3n) is 1.41. The van der Waals surface area contributed by atoms with Crippen LogP contribution in [0.3, 0.4) is 0 Å². The maximum atomic E-state index is 5.03. The first-order valence-electron chi connectivity index (χ1n) is 4.06. The van der Waals surface area contributed by atoms with Gasteiger partial charge in [-0.15, -0.1) is 0 Å². The molecule has 3 heteroatoms. The summed E-state index contributed by atoms with van der Waals surface area (Å²) in [7, 11) is 0. The number of rotatable bonds is 2. The van der Waals surface area contributed by atoms with Crippen molar-refractivity contribution in [3.8, 4) is 0 Å². The third kappa shape index (κ3) is 3.71. The van der Waals surface area contributed by atoms with E-state index in [-0.39, 0.29) is 0 Å². The number of para-hydroxylation sites is 1. The van der Waals surface area contributed by atoms with E-state index < -0.39 is 0 Å². The molecule has 0 radical (unpaired) electrons. The van der Waals surface area contributed by atoms with Crippen LogP contribution in [0.5, 0.6) is 0 Å². The van der Waals surface area contributed by atoms with E-state index in [0.717, 1.165) is 5.69 Å². The van der Waals surface area contributed by atoms with Crippen molar-refractivity contribution in [3.05, 3.63) is 42.6 Å². The van der Waals surface area contributed by atoms with Gasteiger partial charge in [-0.25, -0.2) is 0 Å². The summed E-state index contributed by atoms with van der Waals surface area (Å²) in [6, 6.07) is 9.81. The molecule has 0 saturated heterocycles. The van der Waals surface area contributed by atoms with Gasteiger partial charge in [-0.05, 0) is 37.5 Å². The minimum absolute atomic E-state index is 0.601. The van der Waals surface area contributed by atoms with E-state index in [1.165, 1.54) is 0 Å². The summed E-state index contributed by atoms with van der Waals surface area (Å²) in [5, 5.41) is 6.57. The van der Waals surface area contributed by atoms with Crippen LogP contribution in [0.1, 0.15) is 6.92 Å². The SMILES string of the molecule is C/C=C\NC(=S)Nc1ccccc1. The van der Waals surface area contributed by atoms with Crippen molar-refractivity contribution < 1.29 is 0 Å². The Morgan fingerprint density at radius 3 is 2.62 bits per heavy atom. The fourth-order valence-electron chi connectivity index (χ4n) is 0.848. The molecule has 0 aromatic heterocycles. The van der Waals surface area contributed by atoms with Gasteiger partial charge >= 0.3 is 0 Å². The lowest BCUT2D eigenvalue weighted by molar-refractivity contribution is 1.28. The molecule has 0 spiro atoms. The molecule has 13 heavy (non-hydrogen) atoms. The molecule has 0 amide bonds. The fourth-order valence-corrected chi connectivity index (χ4v) is 1.03. The van der Waals surface area contributed by atoms with E-state index >= 15 is 0 Å². The van der Waals surface area contributed by atoms with Gasteiger partial charge in [0, 0.05) is 5.69 Å². The van der Waals surface area contributed by atoms with Gasteiger partial charge in [-0.1, -0.05) is 24.3 Å². The second-order valence-corrected chi connectivity index (χ2v) is 2.87. The molecule has 1 aromatic rings. The molecule has 0 atom stereocenters. The molecule has 2 N–H and O–H groups in total. The minimum atomic E-state index is 0.601. The predicted molar refractivity (Wildman–Crippen MR) is 60.6 cm³/mol. The van der Waals surface area contributed by atoms with Gasteiger partial charge in [0.05, 0.1) is 0 Å². The second-order valence-electron chi connectivity index (χ2n) is 2.46. The fraction of sp³-hybridized carbons (Fsp3) is 0.100. The number of allylic oxidation sites excluding steroid dienone is 1. The Balaban J connectivity index is 2.46. The highest BCUT2D eigenvalue weighted by atomic mass is 32.1. The number of benzene rings is 1. The number of hydrogen-bond donors (Lipinski definition) is 2. The van der Waals surface area contributed by atoms with E-state index in [1.54, 1.807) is 6.20 Å². The summed E-state index contributed by atoms with van der Waals surface area (Å²) in [6.45, 7) is 1.93. The molecule has 2 nitrogen and oxygen atoms in total. The summed E-state index contributed by atoms with van der Waals surface area (Å²) in [4.78, 5) is 0. The maximum absolute atomic E-state index is 5.03. The third-order valence-corrected chi connectivity index (χ3v) is 1.63. The van der Waals surface area contributed by atoms with Crippen LogP contribution < -0.4 is 10.6 Å². The molecule has 0 aliphatic rings. The van der Waals surface area contributed by atoms with Gasteiger partial charge in [0.2, 0.25) is 0 Å². The first kappa shape index (κ1) is 9.74. The Morgan fingerprint density at radius 2 is 2.00 bits per heavy atom. The molecule has 0 heterocycles. The van der Waals surface area contributed by atoms with Crippen LogP contribution in [-0.4, -0.2) is 5.11 Å². The smallest absolute Gasteiger partial charge is 0.174 e. The topological polar surface area (TPSA) is 24.1 Å². The lowest BCUT2D eigenvalue weighted by Crippen LogP contribution is -2.23. The zero-order chi connectivity index (χ0) is 9.52. The summed E-state index contributed by atoms with van der Waals surface area (Å²) in [5.74, 6) is 0. The predicted octanol–water partition coefficient (Wildman–Crippen LogP) is 2.51. The summed E-state index contributed by atoms with van der Waals surface area (Å²) in [6.07, 6.45) is 3.68. The molecule has 0 aliphatic carbocycles. The molecule has 0 saturated carbocycles. The number of thiocarbonyl (C=S) groups is 1. The molecule has 0 bridgehead atoms. The molecular formula is C10H12N2S. The molecule has 0 aliphatic heterocycles. The maximum Gasteiger partial charge on any atom is 0.174 e. The van der Waals surface area contributed by atoms with Gasteiger partial charge in [0.15, 0.2) is 5.11 Å². The van der Waals surface area contributed by atoms with E-state index in [1.807, 2.05) is 43.3 Å². The molecule has 0 unspecified atom stereocenters. The molecule has 68 valence electrons. The van der Waals surface area contributed by atoms with Crippen molar-refractivity contribution in [1.82, 2.24) is 5.32 Å². The van der Waals surface area contributed by atoms with Crippen LogP contribution in [0.2, 0.25) is 0 Å². The van der Waals surface area contributed by atoms with E-state index in [2.05, 4.69) is 10.6 Å². The van der Waals surface area contributed by atoms with Crippen molar-refractivity contribution in [2.45, 2.75) is 6.92 Å². The van der Waals surface area contributed by atoms with Gasteiger partial charge in [0.1, 0.15) is 0 Å². The lowest BCUT2D eigenvalue weighted by atomic mass is 10.3. The molecule has 0 fully saturated rings. The quantitative estimate of drug-likeness (QED) is 0.704. The van der Waals surface area contributed by atoms with Crippen molar-refractivity contribution in [2.75, 3.05) is 5.32 Å². The Bertz CT molecular complexity index is 293. The van der Waals surface area contributed by atoms with Crippen LogP contribution in [-0.2, 0) is 0 Å². The summed E-state index contributed by atoms with van der Waals surface area (Å²) < 4.78 is 0. The first-order valence-corrected chi connectivity index (χ1v) is 4.47. The van der Waals surface area contributed by atoms with Gasteiger partial charge < -0.3 is 10.6 Å². The monoisotopic (exact) mass is 192 g/mol. The van der Waals surface area contributed by atoms with Crippen LogP contribution in [0, 0.1) is 0 Å². The number of hydrogen-bond acceptors (Lipinski definition) is 1. The first-order chi connectivity index (χ1) is 6.33. The summed E-state index contributed by atoms with van der Waals surface area (Å²) >= 11 is 5.03. The molecule has 1 rings (SSSR count). The van der Waals surface area contributed by atoms with Crippen molar-refractivity contribution >= 4 is 23.0 Å². The average Bonchev–Trinajstić information content (AvgIpc) is 2.16. The van der Waals surface area contributed by atoms with Gasteiger partial charge in [-0.2, -0.15) is 0 Å². The van der Waals surface area contributed by atoms with Crippen molar-refractivity contribution in [2.24, 2.45) is 0 Å². The average molecular weight is 192 g/mol. The summed E-state index contributed by atoms with van der Waals surface area (Å²) in [5.41, 5.74) is 0.990. The Hall–Kier alpha value is -1.35. The highest BCUT2D eigenvalue weighted by molar-refractivity contribution is 7.80.